The van der Waals surface area contributed by atoms with Gasteiger partial charge in [-0.2, -0.15) is 0 Å². The van der Waals surface area contributed by atoms with Crippen LogP contribution in [0.4, 0.5) is 14.5 Å². The van der Waals surface area contributed by atoms with Gasteiger partial charge in [-0.05, 0) is 36.8 Å². The molecule has 0 aliphatic carbocycles. The third-order valence-corrected chi connectivity index (χ3v) is 2.58. The molecule has 2 aromatic carbocycles. The minimum atomic E-state index is -0.429. The zero-order chi connectivity index (χ0) is 13.1. The molecular formula is C14H13F2NO. The van der Waals surface area contributed by atoms with Gasteiger partial charge in [0.1, 0.15) is 12.4 Å². The fraction of sp³-hybridized carbons (Fsp3) is 0.143. The summed E-state index contributed by atoms with van der Waals surface area (Å²) in [6, 6.07) is 8.65. The molecule has 0 aliphatic heterocycles. The quantitative estimate of drug-likeness (QED) is 0.846. The highest BCUT2D eigenvalue weighted by atomic mass is 19.1. The van der Waals surface area contributed by atoms with Crippen molar-refractivity contribution >= 4 is 5.69 Å². The van der Waals surface area contributed by atoms with Gasteiger partial charge in [0.2, 0.25) is 0 Å². The second kappa shape index (κ2) is 5.04. The Morgan fingerprint density at radius 2 is 1.89 bits per heavy atom. The van der Waals surface area contributed by atoms with Gasteiger partial charge >= 0.3 is 0 Å². The Morgan fingerprint density at radius 1 is 1.11 bits per heavy atom. The lowest BCUT2D eigenvalue weighted by atomic mass is 10.2. The molecule has 2 nitrogen and oxygen atoms in total. The van der Waals surface area contributed by atoms with Crippen molar-refractivity contribution in [3.05, 3.63) is 59.2 Å². The van der Waals surface area contributed by atoms with Crippen LogP contribution in [-0.4, -0.2) is 0 Å². The van der Waals surface area contributed by atoms with Gasteiger partial charge < -0.3 is 10.5 Å². The van der Waals surface area contributed by atoms with Crippen LogP contribution < -0.4 is 10.5 Å². The van der Waals surface area contributed by atoms with Crippen molar-refractivity contribution < 1.29 is 13.5 Å². The SMILES string of the molecule is Cc1ccc(F)c(OCc2ccc(F)cc2N)c1. The molecule has 0 spiro atoms. The number of ether oxygens (including phenoxy) is 1. The fourth-order valence-electron chi connectivity index (χ4n) is 1.57. The lowest BCUT2D eigenvalue weighted by Crippen LogP contribution is -2.02. The maximum Gasteiger partial charge on any atom is 0.165 e. The standard InChI is InChI=1S/C14H13F2NO/c1-9-2-5-12(16)14(6-9)18-8-10-3-4-11(15)7-13(10)17/h2-7H,8,17H2,1H3. The first-order valence-corrected chi connectivity index (χ1v) is 5.49. The number of hydrogen-bond donors (Lipinski definition) is 1. The molecule has 2 N–H and O–H groups in total. The maximum absolute atomic E-state index is 13.4. The normalized spacial score (nSPS) is 10.4. The van der Waals surface area contributed by atoms with Crippen LogP contribution in [0.3, 0.4) is 0 Å². The van der Waals surface area contributed by atoms with Crippen LogP contribution in [0.15, 0.2) is 36.4 Å². The van der Waals surface area contributed by atoms with E-state index in [0.717, 1.165) is 5.56 Å². The largest absolute Gasteiger partial charge is 0.486 e. The van der Waals surface area contributed by atoms with Crippen LogP contribution in [0.5, 0.6) is 5.75 Å². The second-order valence-electron chi connectivity index (χ2n) is 4.07. The van der Waals surface area contributed by atoms with Crippen molar-refractivity contribution in [2.75, 3.05) is 5.73 Å². The predicted molar refractivity (Wildman–Crippen MR) is 66.3 cm³/mol. The first kappa shape index (κ1) is 12.4. The molecule has 0 fully saturated rings. The Balaban J connectivity index is 2.13. The van der Waals surface area contributed by atoms with Gasteiger partial charge in [0, 0.05) is 11.3 Å². The minimum absolute atomic E-state index is 0.104. The summed E-state index contributed by atoms with van der Waals surface area (Å²) in [7, 11) is 0. The summed E-state index contributed by atoms with van der Waals surface area (Å²) >= 11 is 0. The third kappa shape index (κ3) is 2.77. The molecule has 0 aromatic heterocycles. The average Bonchev–Trinajstić information content (AvgIpc) is 2.32. The van der Waals surface area contributed by atoms with Gasteiger partial charge in [-0.1, -0.05) is 12.1 Å². The molecule has 2 aromatic rings. The Hall–Kier alpha value is -2.10. The van der Waals surface area contributed by atoms with E-state index in [-0.39, 0.29) is 12.4 Å². The number of anilines is 1. The summed E-state index contributed by atoms with van der Waals surface area (Å²) in [5.41, 5.74) is 7.46. The summed E-state index contributed by atoms with van der Waals surface area (Å²) < 4.78 is 31.6. The third-order valence-electron chi connectivity index (χ3n) is 2.58. The molecular weight excluding hydrogens is 236 g/mol. The zero-order valence-corrected chi connectivity index (χ0v) is 9.91. The van der Waals surface area contributed by atoms with Crippen molar-refractivity contribution in [1.82, 2.24) is 0 Å². The lowest BCUT2D eigenvalue weighted by Gasteiger charge is -2.10. The Kier molecular flexibility index (Phi) is 3.46. The van der Waals surface area contributed by atoms with E-state index in [9.17, 15) is 8.78 Å². The molecule has 94 valence electrons. The lowest BCUT2D eigenvalue weighted by molar-refractivity contribution is 0.290. The molecule has 0 heterocycles. The van der Waals surface area contributed by atoms with Crippen molar-refractivity contribution in [2.45, 2.75) is 13.5 Å². The average molecular weight is 249 g/mol. The second-order valence-corrected chi connectivity index (χ2v) is 4.07. The molecule has 0 saturated heterocycles. The van der Waals surface area contributed by atoms with Gasteiger partial charge in [0.05, 0.1) is 0 Å². The van der Waals surface area contributed by atoms with Crippen molar-refractivity contribution in [3.63, 3.8) is 0 Å². The van der Waals surface area contributed by atoms with Crippen LogP contribution in [0.2, 0.25) is 0 Å². The number of hydrogen-bond acceptors (Lipinski definition) is 2. The molecule has 18 heavy (non-hydrogen) atoms. The Bertz CT molecular complexity index is 570. The first-order chi connectivity index (χ1) is 8.56. The summed E-state index contributed by atoms with van der Waals surface area (Å²) in [5.74, 6) is -0.669. The van der Waals surface area contributed by atoms with Crippen LogP contribution in [0.1, 0.15) is 11.1 Å². The van der Waals surface area contributed by atoms with Gasteiger partial charge in [-0.15, -0.1) is 0 Å². The first-order valence-electron chi connectivity index (χ1n) is 5.49. The van der Waals surface area contributed by atoms with E-state index >= 15 is 0 Å². The van der Waals surface area contributed by atoms with Crippen molar-refractivity contribution in [1.29, 1.82) is 0 Å². The van der Waals surface area contributed by atoms with E-state index in [4.69, 9.17) is 10.5 Å². The van der Waals surface area contributed by atoms with E-state index in [1.54, 1.807) is 12.1 Å². The minimum Gasteiger partial charge on any atom is -0.486 e. The van der Waals surface area contributed by atoms with Crippen molar-refractivity contribution in [3.8, 4) is 5.75 Å². The van der Waals surface area contributed by atoms with Crippen molar-refractivity contribution in [2.24, 2.45) is 0 Å². The number of rotatable bonds is 3. The number of halogens is 2. The van der Waals surface area contributed by atoms with E-state index in [0.29, 0.717) is 11.3 Å². The molecule has 0 amide bonds. The van der Waals surface area contributed by atoms with E-state index in [1.165, 1.54) is 24.3 Å². The molecule has 0 unspecified atom stereocenters. The molecule has 0 radical (unpaired) electrons. The van der Waals surface area contributed by atoms with E-state index in [1.807, 2.05) is 6.92 Å². The van der Waals surface area contributed by atoms with Crippen LogP contribution in [0.25, 0.3) is 0 Å². The molecule has 2 rings (SSSR count). The topological polar surface area (TPSA) is 35.2 Å². The highest BCUT2D eigenvalue weighted by molar-refractivity contribution is 5.46. The van der Waals surface area contributed by atoms with Gasteiger partial charge in [0.25, 0.3) is 0 Å². The van der Waals surface area contributed by atoms with Gasteiger partial charge in [-0.25, -0.2) is 8.78 Å². The van der Waals surface area contributed by atoms with Gasteiger partial charge in [-0.3, -0.25) is 0 Å². The summed E-state index contributed by atoms with van der Waals surface area (Å²) in [4.78, 5) is 0. The summed E-state index contributed by atoms with van der Waals surface area (Å²) in [6.07, 6.45) is 0. The summed E-state index contributed by atoms with van der Waals surface area (Å²) in [6.45, 7) is 1.95. The molecule has 0 bridgehead atoms. The Morgan fingerprint density at radius 3 is 2.61 bits per heavy atom. The number of nitrogens with two attached hydrogens (primary N) is 1. The van der Waals surface area contributed by atoms with Gasteiger partial charge in [0.15, 0.2) is 11.6 Å². The molecule has 0 aliphatic rings. The van der Waals surface area contributed by atoms with Crippen LogP contribution in [-0.2, 0) is 6.61 Å². The van der Waals surface area contributed by atoms with E-state index < -0.39 is 11.6 Å². The number of aryl methyl sites for hydroxylation is 1. The van der Waals surface area contributed by atoms with E-state index in [2.05, 4.69) is 0 Å². The zero-order valence-electron chi connectivity index (χ0n) is 9.91. The molecule has 0 saturated carbocycles. The van der Waals surface area contributed by atoms with Crippen LogP contribution in [0, 0.1) is 18.6 Å². The Labute approximate surface area is 104 Å². The highest BCUT2D eigenvalue weighted by Crippen LogP contribution is 2.21. The molecule has 0 atom stereocenters. The predicted octanol–water partition coefficient (Wildman–Crippen LogP) is 3.43. The van der Waals surface area contributed by atoms with Crippen LogP contribution >= 0.6 is 0 Å². The number of nitrogen functional groups attached to an aromatic ring is 1. The monoisotopic (exact) mass is 249 g/mol. The molecule has 4 heteroatoms. The smallest absolute Gasteiger partial charge is 0.165 e. The number of benzene rings is 2. The fourth-order valence-corrected chi connectivity index (χ4v) is 1.57. The highest BCUT2D eigenvalue weighted by Gasteiger charge is 2.06. The summed E-state index contributed by atoms with van der Waals surface area (Å²) in [5, 5.41) is 0. The maximum atomic E-state index is 13.4.